The average Bonchev–Trinajstić information content (AvgIpc) is 2.95. The molecular weight excluding hydrogens is 314 g/mol. The van der Waals surface area contributed by atoms with Gasteiger partial charge in [-0.2, -0.15) is 0 Å². The highest BCUT2D eigenvalue weighted by molar-refractivity contribution is 5.82. The monoisotopic (exact) mass is 337 g/mol. The highest BCUT2D eigenvalue weighted by atomic mass is 16.3. The molecule has 1 aliphatic heterocycles. The Balaban J connectivity index is 1.61. The van der Waals surface area contributed by atoms with Crippen molar-refractivity contribution >= 4 is 11.0 Å². The number of piperidine rings is 1. The molecule has 2 heterocycles. The van der Waals surface area contributed by atoms with Crippen molar-refractivity contribution in [2.45, 2.75) is 18.9 Å². The number of imidazole rings is 1. The third-order valence-electron chi connectivity index (χ3n) is 5.27. The maximum Gasteiger partial charge on any atom is 0.326 e. The Morgan fingerprint density at radius 1 is 1.16 bits per heavy atom. The number of aryl methyl sites for hydroxylation is 1. The first-order valence-corrected chi connectivity index (χ1v) is 8.81. The Morgan fingerprint density at radius 2 is 1.92 bits per heavy atom. The molecule has 5 nitrogen and oxygen atoms in total. The van der Waals surface area contributed by atoms with Gasteiger partial charge in [0.25, 0.3) is 0 Å². The number of hydrogen-bond acceptors (Lipinski definition) is 3. The van der Waals surface area contributed by atoms with Gasteiger partial charge in [-0.1, -0.05) is 30.3 Å². The fraction of sp³-hybridized carbons (Fsp3) is 0.350. The SMILES string of the molecule is Cn1c(=O)[nH]c2ccc(-c3ccc(C(O)C4CCCNC4)cc3)cc21. The predicted molar refractivity (Wildman–Crippen MR) is 99.5 cm³/mol. The lowest BCUT2D eigenvalue weighted by Crippen LogP contribution is -2.33. The predicted octanol–water partition coefficient (Wildman–Crippen LogP) is 2.57. The maximum absolute atomic E-state index is 11.7. The molecule has 5 heteroatoms. The van der Waals surface area contributed by atoms with Crippen LogP contribution in [-0.4, -0.2) is 27.7 Å². The van der Waals surface area contributed by atoms with E-state index in [0.717, 1.165) is 53.7 Å². The van der Waals surface area contributed by atoms with E-state index in [2.05, 4.69) is 10.3 Å². The van der Waals surface area contributed by atoms with Crippen LogP contribution in [0.5, 0.6) is 0 Å². The number of aliphatic hydroxyl groups excluding tert-OH is 1. The molecule has 130 valence electrons. The molecule has 0 saturated carbocycles. The normalized spacial score (nSPS) is 19.2. The summed E-state index contributed by atoms with van der Waals surface area (Å²) in [6.07, 6.45) is 1.76. The minimum absolute atomic E-state index is 0.105. The van der Waals surface area contributed by atoms with Crippen molar-refractivity contribution in [2.24, 2.45) is 13.0 Å². The maximum atomic E-state index is 11.7. The second kappa shape index (κ2) is 6.50. The van der Waals surface area contributed by atoms with Crippen LogP contribution in [0.15, 0.2) is 47.3 Å². The van der Waals surface area contributed by atoms with Gasteiger partial charge in [0.05, 0.1) is 17.1 Å². The summed E-state index contributed by atoms with van der Waals surface area (Å²) < 4.78 is 1.62. The van der Waals surface area contributed by atoms with Gasteiger partial charge < -0.3 is 15.4 Å². The van der Waals surface area contributed by atoms with Gasteiger partial charge in [0.2, 0.25) is 0 Å². The average molecular weight is 337 g/mol. The topological polar surface area (TPSA) is 70.0 Å². The van der Waals surface area contributed by atoms with Crippen LogP contribution in [0.4, 0.5) is 0 Å². The van der Waals surface area contributed by atoms with Gasteiger partial charge in [0.15, 0.2) is 0 Å². The van der Waals surface area contributed by atoms with Crippen LogP contribution in [0.3, 0.4) is 0 Å². The summed E-state index contributed by atoms with van der Waals surface area (Å²) >= 11 is 0. The number of aromatic nitrogens is 2. The lowest BCUT2D eigenvalue weighted by atomic mass is 9.89. The Hall–Kier alpha value is -2.37. The van der Waals surface area contributed by atoms with Crippen molar-refractivity contribution < 1.29 is 5.11 Å². The fourth-order valence-electron chi connectivity index (χ4n) is 3.70. The quantitative estimate of drug-likeness (QED) is 0.688. The van der Waals surface area contributed by atoms with E-state index >= 15 is 0 Å². The first-order chi connectivity index (χ1) is 12.1. The first-order valence-electron chi connectivity index (χ1n) is 8.81. The van der Waals surface area contributed by atoms with E-state index < -0.39 is 6.10 Å². The molecule has 0 aliphatic carbocycles. The smallest absolute Gasteiger partial charge is 0.326 e. The molecule has 4 rings (SSSR count). The molecule has 1 fully saturated rings. The molecule has 25 heavy (non-hydrogen) atoms. The zero-order valence-electron chi connectivity index (χ0n) is 14.3. The van der Waals surface area contributed by atoms with Crippen molar-refractivity contribution in [2.75, 3.05) is 13.1 Å². The summed E-state index contributed by atoms with van der Waals surface area (Å²) in [7, 11) is 1.77. The summed E-state index contributed by atoms with van der Waals surface area (Å²) in [5.41, 5.74) is 4.73. The molecule has 1 aliphatic rings. The van der Waals surface area contributed by atoms with Gasteiger partial charge in [-0.15, -0.1) is 0 Å². The number of aromatic amines is 1. The number of H-pyrrole nitrogens is 1. The lowest BCUT2D eigenvalue weighted by Gasteiger charge is -2.27. The van der Waals surface area contributed by atoms with Crippen molar-refractivity contribution in [3.8, 4) is 11.1 Å². The number of nitrogens with zero attached hydrogens (tertiary/aromatic N) is 1. The second-order valence-electron chi connectivity index (χ2n) is 6.89. The van der Waals surface area contributed by atoms with Crippen LogP contribution in [0.2, 0.25) is 0 Å². The van der Waals surface area contributed by atoms with E-state index in [-0.39, 0.29) is 11.6 Å². The van der Waals surface area contributed by atoms with Gasteiger partial charge in [0, 0.05) is 19.5 Å². The number of hydrogen-bond donors (Lipinski definition) is 3. The van der Waals surface area contributed by atoms with Crippen molar-refractivity contribution in [3.63, 3.8) is 0 Å². The zero-order chi connectivity index (χ0) is 17.4. The highest BCUT2D eigenvalue weighted by Gasteiger charge is 2.22. The van der Waals surface area contributed by atoms with Gasteiger partial charge in [-0.3, -0.25) is 4.57 Å². The van der Waals surface area contributed by atoms with E-state index in [0.29, 0.717) is 0 Å². The van der Waals surface area contributed by atoms with Crippen LogP contribution in [0, 0.1) is 5.92 Å². The van der Waals surface area contributed by atoms with Gasteiger partial charge in [0.1, 0.15) is 0 Å². The number of fused-ring (bicyclic) bond motifs is 1. The molecule has 0 amide bonds. The van der Waals surface area contributed by atoms with E-state index in [1.807, 2.05) is 42.5 Å². The molecule has 0 radical (unpaired) electrons. The molecule has 1 saturated heterocycles. The second-order valence-corrected chi connectivity index (χ2v) is 6.89. The van der Waals surface area contributed by atoms with E-state index in [1.165, 1.54) is 0 Å². The van der Waals surface area contributed by atoms with Gasteiger partial charge in [-0.25, -0.2) is 4.79 Å². The van der Waals surface area contributed by atoms with Crippen LogP contribution in [0.25, 0.3) is 22.2 Å². The minimum atomic E-state index is -0.421. The van der Waals surface area contributed by atoms with E-state index in [9.17, 15) is 9.90 Å². The fourth-order valence-corrected chi connectivity index (χ4v) is 3.70. The molecular formula is C20H23N3O2. The van der Waals surface area contributed by atoms with Crippen molar-refractivity contribution in [3.05, 3.63) is 58.5 Å². The van der Waals surface area contributed by atoms with Gasteiger partial charge >= 0.3 is 5.69 Å². The first kappa shape index (κ1) is 16.1. The number of rotatable bonds is 3. The summed E-state index contributed by atoms with van der Waals surface area (Å²) in [4.78, 5) is 14.6. The van der Waals surface area contributed by atoms with Crippen LogP contribution in [-0.2, 0) is 7.05 Å². The van der Waals surface area contributed by atoms with Crippen molar-refractivity contribution in [1.29, 1.82) is 0 Å². The van der Waals surface area contributed by atoms with Crippen LogP contribution < -0.4 is 11.0 Å². The van der Waals surface area contributed by atoms with Crippen LogP contribution in [0.1, 0.15) is 24.5 Å². The van der Waals surface area contributed by atoms with E-state index in [1.54, 1.807) is 11.6 Å². The van der Waals surface area contributed by atoms with Crippen LogP contribution >= 0.6 is 0 Å². The summed E-state index contributed by atoms with van der Waals surface area (Å²) in [6, 6.07) is 14.1. The van der Waals surface area contributed by atoms with Crippen molar-refractivity contribution in [1.82, 2.24) is 14.9 Å². The largest absolute Gasteiger partial charge is 0.388 e. The minimum Gasteiger partial charge on any atom is -0.388 e. The Labute approximate surface area is 146 Å². The molecule has 0 spiro atoms. The molecule has 3 aromatic rings. The molecule has 2 atom stereocenters. The summed E-state index contributed by atoms with van der Waals surface area (Å²) in [6.45, 7) is 1.92. The molecule has 2 unspecified atom stereocenters. The summed E-state index contributed by atoms with van der Waals surface area (Å²) in [5.74, 6) is 0.283. The Bertz CT molecular complexity index is 934. The summed E-state index contributed by atoms with van der Waals surface area (Å²) in [5, 5.41) is 14.0. The molecule has 3 N–H and O–H groups in total. The van der Waals surface area contributed by atoms with Gasteiger partial charge in [-0.05, 0) is 48.2 Å². The lowest BCUT2D eigenvalue weighted by molar-refractivity contribution is 0.0922. The third-order valence-corrected chi connectivity index (χ3v) is 5.27. The number of aliphatic hydroxyl groups is 1. The Kier molecular flexibility index (Phi) is 4.19. The molecule has 2 aromatic carbocycles. The Morgan fingerprint density at radius 3 is 2.64 bits per heavy atom. The number of nitrogens with one attached hydrogen (secondary N) is 2. The zero-order valence-corrected chi connectivity index (χ0v) is 14.3. The number of benzene rings is 2. The molecule has 1 aromatic heterocycles. The van der Waals surface area contributed by atoms with E-state index in [4.69, 9.17) is 0 Å². The molecule has 0 bridgehead atoms. The standard InChI is InChI=1S/C20H23N3O2/c1-23-18-11-15(8-9-17(18)22-20(23)25)13-4-6-14(7-5-13)19(24)16-3-2-10-21-12-16/h4-9,11,16,19,21,24H,2-3,10,12H2,1H3,(H,22,25). The third kappa shape index (κ3) is 3.01. The highest BCUT2D eigenvalue weighted by Crippen LogP contribution is 2.29.